The molecule has 0 spiro atoms. The number of benzene rings is 2. The van der Waals surface area contributed by atoms with Gasteiger partial charge in [0.05, 0.1) is 11.4 Å². The van der Waals surface area contributed by atoms with Gasteiger partial charge in [-0.25, -0.2) is 0 Å². The molecule has 2 aromatic carbocycles. The molecule has 7 heteroatoms. The Bertz CT molecular complexity index is 1210. The fraction of sp³-hybridized carbons (Fsp3) is 0.227. The van der Waals surface area contributed by atoms with E-state index in [1.807, 2.05) is 48.7 Å². The van der Waals surface area contributed by atoms with Gasteiger partial charge in [0.25, 0.3) is 0 Å². The first-order chi connectivity index (χ1) is 14.2. The number of anilines is 1. The molecule has 2 aromatic heterocycles. The minimum absolute atomic E-state index is 0.0703. The lowest BCUT2D eigenvalue weighted by molar-refractivity contribution is -0.126. The summed E-state index contributed by atoms with van der Waals surface area (Å²) in [6, 6.07) is 15.8. The van der Waals surface area contributed by atoms with Crippen molar-refractivity contribution in [2.45, 2.75) is 12.8 Å². The summed E-state index contributed by atoms with van der Waals surface area (Å²) in [5, 5.41) is 12.3. The molecule has 4 aromatic rings. The molecule has 3 heterocycles. The summed E-state index contributed by atoms with van der Waals surface area (Å²) in [6.07, 6.45) is 2.94. The molecule has 1 atom stereocenters. The predicted molar refractivity (Wildman–Crippen MR) is 112 cm³/mol. The Morgan fingerprint density at radius 1 is 1.10 bits per heavy atom. The fourth-order valence-electron chi connectivity index (χ4n) is 4.05. The molecular weight excluding hydrogens is 366 g/mol. The van der Waals surface area contributed by atoms with E-state index in [1.54, 1.807) is 4.90 Å². The van der Waals surface area contributed by atoms with E-state index in [0.717, 1.165) is 22.8 Å². The number of fused-ring (bicyclic) bond motifs is 2. The fourth-order valence-corrected chi connectivity index (χ4v) is 4.05. The molecule has 1 unspecified atom stereocenters. The van der Waals surface area contributed by atoms with Crippen molar-refractivity contribution in [1.29, 1.82) is 0 Å². The van der Waals surface area contributed by atoms with Crippen molar-refractivity contribution in [2.24, 2.45) is 5.92 Å². The number of carbonyl (C=O) groups excluding carboxylic acids is 2. The molecule has 5 rings (SSSR count). The van der Waals surface area contributed by atoms with Gasteiger partial charge in [0.2, 0.25) is 11.8 Å². The third-order valence-corrected chi connectivity index (χ3v) is 5.57. The Morgan fingerprint density at radius 2 is 1.86 bits per heavy atom. The van der Waals surface area contributed by atoms with Gasteiger partial charge in [-0.3, -0.25) is 19.6 Å². The highest BCUT2D eigenvalue weighted by atomic mass is 16.2. The number of aromatic nitrogens is 3. The molecule has 29 heavy (non-hydrogen) atoms. The average molecular weight is 387 g/mol. The molecule has 146 valence electrons. The van der Waals surface area contributed by atoms with Crippen LogP contribution in [-0.2, 0) is 16.0 Å². The number of aromatic amines is 2. The molecule has 1 aliphatic rings. The molecular formula is C22H21N5O2. The topological polar surface area (TPSA) is 93.9 Å². The molecule has 0 saturated carbocycles. The van der Waals surface area contributed by atoms with Crippen molar-refractivity contribution in [3.8, 4) is 0 Å². The summed E-state index contributed by atoms with van der Waals surface area (Å²) in [5.74, 6) is 0.0835. The number of para-hydroxylation sites is 2. The van der Waals surface area contributed by atoms with Crippen LogP contribution in [0, 0.1) is 5.92 Å². The van der Waals surface area contributed by atoms with Crippen molar-refractivity contribution < 1.29 is 9.59 Å². The second-order valence-electron chi connectivity index (χ2n) is 7.40. The summed E-state index contributed by atoms with van der Waals surface area (Å²) < 4.78 is 0. The van der Waals surface area contributed by atoms with Crippen LogP contribution < -0.4 is 10.2 Å². The maximum Gasteiger partial charge on any atom is 0.229 e. The highest BCUT2D eigenvalue weighted by Crippen LogP contribution is 2.29. The minimum atomic E-state index is -0.360. The van der Waals surface area contributed by atoms with Gasteiger partial charge >= 0.3 is 0 Å². The van der Waals surface area contributed by atoms with E-state index >= 15 is 0 Å². The number of nitrogens with zero attached hydrogens (tertiary/aromatic N) is 2. The Balaban J connectivity index is 1.22. The molecule has 1 fully saturated rings. The van der Waals surface area contributed by atoms with Gasteiger partial charge < -0.3 is 10.3 Å². The third-order valence-electron chi connectivity index (χ3n) is 5.57. The Morgan fingerprint density at radius 3 is 2.72 bits per heavy atom. The molecule has 1 saturated heterocycles. The quantitative estimate of drug-likeness (QED) is 0.491. The zero-order valence-corrected chi connectivity index (χ0v) is 15.8. The molecule has 3 N–H and O–H groups in total. The van der Waals surface area contributed by atoms with Gasteiger partial charge in [0, 0.05) is 42.0 Å². The minimum Gasteiger partial charge on any atom is -0.361 e. The SMILES string of the molecule is O=C(NCCc1c[nH]c2ccccc12)C1CC(=O)N(c2n[nH]c3ccccc23)C1. The lowest BCUT2D eigenvalue weighted by Crippen LogP contribution is -2.34. The number of H-pyrrole nitrogens is 2. The Kier molecular flexibility index (Phi) is 4.27. The monoisotopic (exact) mass is 387 g/mol. The first-order valence-corrected chi connectivity index (χ1v) is 9.77. The van der Waals surface area contributed by atoms with Crippen LogP contribution in [0.25, 0.3) is 21.8 Å². The predicted octanol–water partition coefficient (Wildman–Crippen LogP) is 2.76. The Hall–Kier alpha value is -3.61. The van der Waals surface area contributed by atoms with Crippen LogP contribution in [0.3, 0.4) is 0 Å². The van der Waals surface area contributed by atoms with Crippen molar-refractivity contribution in [2.75, 3.05) is 18.0 Å². The molecule has 2 amide bonds. The maximum absolute atomic E-state index is 12.6. The number of carbonyl (C=O) groups is 2. The van der Waals surface area contributed by atoms with Crippen molar-refractivity contribution in [1.82, 2.24) is 20.5 Å². The van der Waals surface area contributed by atoms with Crippen LogP contribution in [0.5, 0.6) is 0 Å². The summed E-state index contributed by atoms with van der Waals surface area (Å²) in [7, 11) is 0. The lowest BCUT2D eigenvalue weighted by atomic mass is 10.1. The van der Waals surface area contributed by atoms with E-state index in [1.165, 1.54) is 10.9 Å². The highest BCUT2D eigenvalue weighted by molar-refractivity contribution is 6.05. The molecule has 1 aliphatic heterocycles. The van der Waals surface area contributed by atoms with E-state index < -0.39 is 0 Å². The van der Waals surface area contributed by atoms with Gasteiger partial charge in [-0.05, 0) is 30.2 Å². The van der Waals surface area contributed by atoms with Crippen LogP contribution >= 0.6 is 0 Å². The summed E-state index contributed by atoms with van der Waals surface area (Å²) in [6.45, 7) is 0.892. The van der Waals surface area contributed by atoms with Crippen LogP contribution in [0.2, 0.25) is 0 Å². The van der Waals surface area contributed by atoms with Gasteiger partial charge in [-0.2, -0.15) is 5.10 Å². The van der Waals surface area contributed by atoms with Gasteiger partial charge in [-0.1, -0.05) is 30.3 Å². The van der Waals surface area contributed by atoms with Crippen molar-refractivity contribution >= 4 is 39.4 Å². The number of hydrogen-bond acceptors (Lipinski definition) is 3. The van der Waals surface area contributed by atoms with Crippen LogP contribution in [-0.4, -0.2) is 40.1 Å². The standard InChI is InChI=1S/C22H21N5O2/c28-20-11-15(13-27(20)21-17-6-2-4-8-19(17)25-26-21)22(29)23-10-9-14-12-24-18-7-3-1-5-16(14)18/h1-8,12,15,24H,9-11,13H2,(H,23,29)(H,25,26). The normalized spacial score (nSPS) is 16.8. The summed E-state index contributed by atoms with van der Waals surface area (Å²) in [5.41, 5.74) is 3.15. The van der Waals surface area contributed by atoms with E-state index in [9.17, 15) is 9.59 Å². The Labute approximate surface area is 167 Å². The summed E-state index contributed by atoms with van der Waals surface area (Å²) >= 11 is 0. The molecule has 0 aliphatic carbocycles. The number of hydrogen-bond donors (Lipinski definition) is 3. The number of nitrogens with one attached hydrogen (secondary N) is 3. The first kappa shape index (κ1) is 17.5. The van der Waals surface area contributed by atoms with Crippen molar-refractivity contribution in [3.05, 3.63) is 60.3 Å². The molecule has 0 bridgehead atoms. The van der Waals surface area contributed by atoms with E-state index in [2.05, 4.69) is 26.6 Å². The number of rotatable bonds is 5. The average Bonchev–Trinajstić information content (AvgIpc) is 3.45. The second kappa shape index (κ2) is 7.09. The largest absolute Gasteiger partial charge is 0.361 e. The zero-order chi connectivity index (χ0) is 19.8. The van der Waals surface area contributed by atoms with E-state index in [4.69, 9.17) is 0 Å². The second-order valence-corrected chi connectivity index (χ2v) is 7.40. The third kappa shape index (κ3) is 3.14. The van der Waals surface area contributed by atoms with Gasteiger partial charge in [0.15, 0.2) is 5.82 Å². The van der Waals surface area contributed by atoms with Crippen molar-refractivity contribution in [3.63, 3.8) is 0 Å². The van der Waals surface area contributed by atoms with Crippen LogP contribution in [0.4, 0.5) is 5.82 Å². The smallest absolute Gasteiger partial charge is 0.229 e. The highest BCUT2D eigenvalue weighted by Gasteiger charge is 2.36. The molecule has 0 radical (unpaired) electrons. The van der Waals surface area contributed by atoms with Gasteiger partial charge in [-0.15, -0.1) is 0 Å². The molecule has 7 nitrogen and oxygen atoms in total. The maximum atomic E-state index is 12.6. The van der Waals surface area contributed by atoms with Gasteiger partial charge in [0.1, 0.15) is 0 Å². The van der Waals surface area contributed by atoms with Crippen LogP contribution in [0.1, 0.15) is 12.0 Å². The van der Waals surface area contributed by atoms with Crippen LogP contribution in [0.15, 0.2) is 54.7 Å². The van der Waals surface area contributed by atoms with E-state index in [0.29, 0.717) is 18.9 Å². The lowest BCUT2D eigenvalue weighted by Gasteiger charge is -2.14. The summed E-state index contributed by atoms with van der Waals surface area (Å²) in [4.78, 5) is 30.0. The number of amides is 2. The van der Waals surface area contributed by atoms with E-state index in [-0.39, 0.29) is 24.2 Å². The zero-order valence-electron chi connectivity index (χ0n) is 15.8. The first-order valence-electron chi connectivity index (χ1n) is 9.77.